The first kappa shape index (κ1) is 15.4. The monoisotopic (exact) mass is 325 g/mol. The van der Waals surface area contributed by atoms with Crippen LogP contribution in [0.3, 0.4) is 0 Å². The van der Waals surface area contributed by atoms with E-state index in [1.54, 1.807) is 0 Å². The largest absolute Gasteiger partial charge is 0.352 e. The van der Waals surface area contributed by atoms with Gasteiger partial charge in [-0.1, -0.05) is 84.9 Å². The molecule has 0 saturated carbocycles. The molecule has 0 fully saturated rings. The van der Waals surface area contributed by atoms with Crippen LogP contribution in [0.2, 0.25) is 0 Å². The van der Waals surface area contributed by atoms with Gasteiger partial charge in [-0.3, -0.25) is 4.79 Å². The number of fused-ring (bicyclic) bond motifs is 2. The average molecular weight is 325 g/mol. The van der Waals surface area contributed by atoms with E-state index in [9.17, 15) is 4.79 Å². The van der Waals surface area contributed by atoms with Crippen molar-refractivity contribution in [3.8, 4) is 0 Å². The third-order valence-corrected chi connectivity index (χ3v) is 4.59. The zero-order valence-corrected chi connectivity index (χ0v) is 13.9. The van der Waals surface area contributed by atoms with Crippen LogP contribution in [-0.4, -0.2) is 5.91 Å². The Balaban J connectivity index is 1.50. The van der Waals surface area contributed by atoms with Crippen LogP contribution in [0.4, 0.5) is 0 Å². The topological polar surface area (TPSA) is 29.1 Å². The highest BCUT2D eigenvalue weighted by Gasteiger charge is 2.07. The fourth-order valence-corrected chi connectivity index (χ4v) is 3.32. The van der Waals surface area contributed by atoms with Gasteiger partial charge in [0.1, 0.15) is 0 Å². The summed E-state index contributed by atoms with van der Waals surface area (Å²) in [6.07, 6.45) is 0.395. The standard InChI is InChI=1S/C23H19NO/c25-23(15-19-11-5-9-17-7-1-3-13-21(17)19)24-16-20-12-6-10-18-8-2-4-14-22(18)20/h1-14H,15-16H2,(H,24,25). The number of carbonyl (C=O) groups excluding carboxylic acids is 1. The number of carbonyl (C=O) groups is 1. The van der Waals surface area contributed by atoms with Crippen molar-refractivity contribution in [2.45, 2.75) is 13.0 Å². The normalized spacial score (nSPS) is 10.9. The number of hydrogen-bond donors (Lipinski definition) is 1. The summed E-state index contributed by atoms with van der Waals surface area (Å²) < 4.78 is 0. The molecule has 0 heterocycles. The second-order valence-corrected chi connectivity index (χ2v) is 6.23. The van der Waals surface area contributed by atoms with Gasteiger partial charge in [0.25, 0.3) is 0 Å². The van der Waals surface area contributed by atoms with Crippen molar-refractivity contribution in [1.29, 1.82) is 0 Å². The molecular weight excluding hydrogens is 306 g/mol. The highest BCUT2D eigenvalue weighted by atomic mass is 16.1. The maximum absolute atomic E-state index is 12.5. The lowest BCUT2D eigenvalue weighted by molar-refractivity contribution is -0.120. The first-order valence-corrected chi connectivity index (χ1v) is 8.51. The van der Waals surface area contributed by atoms with Gasteiger partial charge >= 0.3 is 0 Å². The third-order valence-electron chi connectivity index (χ3n) is 4.59. The summed E-state index contributed by atoms with van der Waals surface area (Å²) in [5, 5.41) is 7.77. The molecular formula is C23H19NO. The molecule has 0 radical (unpaired) electrons. The second-order valence-electron chi connectivity index (χ2n) is 6.23. The van der Waals surface area contributed by atoms with E-state index in [4.69, 9.17) is 0 Å². The molecule has 0 aliphatic heterocycles. The van der Waals surface area contributed by atoms with E-state index in [2.05, 4.69) is 47.8 Å². The molecule has 25 heavy (non-hydrogen) atoms. The summed E-state index contributed by atoms with van der Waals surface area (Å²) in [7, 11) is 0. The minimum absolute atomic E-state index is 0.0456. The van der Waals surface area contributed by atoms with E-state index in [1.165, 1.54) is 16.2 Å². The molecule has 4 aromatic rings. The highest BCUT2D eigenvalue weighted by molar-refractivity contribution is 5.90. The van der Waals surface area contributed by atoms with Gasteiger partial charge in [-0.05, 0) is 32.7 Å². The van der Waals surface area contributed by atoms with Gasteiger partial charge in [0.15, 0.2) is 0 Å². The summed E-state index contributed by atoms with van der Waals surface area (Å²) >= 11 is 0. The van der Waals surface area contributed by atoms with Crippen LogP contribution in [0.15, 0.2) is 84.9 Å². The van der Waals surface area contributed by atoms with Crippen LogP contribution in [0.5, 0.6) is 0 Å². The predicted molar refractivity (Wildman–Crippen MR) is 103 cm³/mol. The van der Waals surface area contributed by atoms with Crippen LogP contribution in [0.1, 0.15) is 11.1 Å². The Kier molecular flexibility index (Phi) is 4.17. The summed E-state index contributed by atoms with van der Waals surface area (Å²) in [4.78, 5) is 12.5. The molecule has 2 heteroatoms. The van der Waals surface area contributed by atoms with Crippen molar-refractivity contribution in [3.63, 3.8) is 0 Å². The molecule has 1 amide bonds. The fourth-order valence-electron chi connectivity index (χ4n) is 3.32. The van der Waals surface area contributed by atoms with Crippen LogP contribution in [0.25, 0.3) is 21.5 Å². The lowest BCUT2D eigenvalue weighted by Gasteiger charge is -2.10. The molecule has 122 valence electrons. The molecule has 4 aromatic carbocycles. The van der Waals surface area contributed by atoms with E-state index < -0.39 is 0 Å². The summed E-state index contributed by atoms with van der Waals surface area (Å²) in [5.41, 5.74) is 2.21. The van der Waals surface area contributed by atoms with Gasteiger partial charge in [0.05, 0.1) is 6.42 Å². The lowest BCUT2D eigenvalue weighted by atomic mass is 10.0. The van der Waals surface area contributed by atoms with E-state index in [1.807, 2.05) is 42.5 Å². The average Bonchev–Trinajstić information content (AvgIpc) is 2.66. The molecule has 0 bridgehead atoms. The van der Waals surface area contributed by atoms with Crippen molar-refractivity contribution in [3.05, 3.63) is 96.1 Å². The number of rotatable bonds is 4. The Morgan fingerprint density at radius 3 is 1.84 bits per heavy atom. The van der Waals surface area contributed by atoms with E-state index in [0.717, 1.165) is 16.5 Å². The van der Waals surface area contributed by atoms with E-state index in [-0.39, 0.29) is 5.91 Å². The number of hydrogen-bond acceptors (Lipinski definition) is 1. The van der Waals surface area contributed by atoms with Crippen LogP contribution in [0, 0.1) is 0 Å². The van der Waals surface area contributed by atoms with Gasteiger partial charge in [0, 0.05) is 6.54 Å². The molecule has 0 atom stereocenters. The van der Waals surface area contributed by atoms with Crippen molar-refractivity contribution in [2.24, 2.45) is 0 Å². The quantitative estimate of drug-likeness (QED) is 0.571. The lowest BCUT2D eigenvalue weighted by Crippen LogP contribution is -2.24. The maximum atomic E-state index is 12.5. The fraction of sp³-hybridized carbons (Fsp3) is 0.0870. The zero-order valence-electron chi connectivity index (χ0n) is 13.9. The van der Waals surface area contributed by atoms with Crippen LogP contribution >= 0.6 is 0 Å². The summed E-state index contributed by atoms with van der Waals surface area (Å²) in [5.74, 6) is 0.0456. The first-order chi connectivity index (χ1) is 12.3. The van der Waals surface area contributed by atoms with Gasteiger partial charge in [-0.25, -0.2) is 0 Å². The smallest absolute Gasteiger partial charge is 0.224 e. The Hall–Kier alpha value is -3.13. The number of amides is 1. The molecule has 0 spiro atoms. The predicted octanol–water partition coefficient (Wildman–Crippen LogP) is 4.85. The van der Waals surface area contributed by atoms with Crippen molar-refractivity contribution < 1.29 is 4.79 Å². The molecule has 0 aliphatic rings. The first-order valence-electron chi connectivity index (χ1n) is 8.51. The van der Waals surface area contributed by atoms with Crippen molar-refractivity contribution in [1.82, 2.24) is 5.32 Å². The van der Waals surface area contributed by atoms with Gasteiger partial charge in [-0.15, -0.1) is 0 Å². The Labute approximate surface area is 147 Å². The molecule has 0 aliphatic carbocycles. The maximum Gasteiger partial charge on any atom is 0.224 e. The molecule has 1 N–H and O–H groups in total. The molecule has 4 rings (SSSR count). The number of benzene rings is 4. The molecule has 2 nitrogen and oxygen atoms in total. The van der Waals surface area contributed by atoms with Crippen molar-refractivity contribution in [2.75, 3.05) is 0 Å². The molecule has 0 unspecified atom stereocenters. The summed E-state index contributed by atoms with van der Waals surface area (Å²) in [6, 6.07) is 28.8. The van der Waals surface area contributed by atoms with Crippen LogP contribution in [-0.2, 0) is 17.8 Å². The SMILES string of the molecule is O=C(Cc1cccc2ccccc12)NCc1cccc2ccccc12. The minimum atomic E-state index is 0.0456. The molecule has 0 aromatic heterocycles. The van der Waals surface area contributed by atoms with Gasteiger partial charge in [-0.2, -0.15) is 0 Å². The third kappa shape index (κ3) is 3.24. The zero-order chi connectivity index (χ0) is 17.1. The van der Waals surface area contributed by atoms with Crippen LogP contribution < -0.4 is 5.32 Å². The van der Waals surface area contributed by atoms with E-state index >= 15 is 0 Å². The Morgan fingerprint density at radius 1 is 0.640 bits per heavy atom. The van der Waals surface area contributed by atoms with Crippen molar-refractivity contribution >= 4 is 27.5 Å². The Morgan fingerprint density at radius 2 is 1.16 bits per heavy atom. The van der Waals surface area contributed by atoms with Gasteiger partial charge < -0.3 is 5.32 Å². The molecule has 0 saturated heterocycles. The highest BCUT2D eigenvalue weighted by Crippen LogP contribution is 2.20. The van der Waals surface area contributed by atoms with E-state index in [0.29, 0.717) is 13.0 Å². The Bertz CT molecular complexity index is 1040. The van der Waals surface area contributed by atoms with Gasteiger partial charge in [0.2, 0.25) is 5.91 Å². The number of nitrogens with one attached hydrogen (secondary N) is 1. The minimum Gasteiger partial charge on any atom is -0.352 e. The summed E-state index contributed by atoms with van der Waals surface area (Å²) in [6.45, 7) is 0.547. The second kappa shape index (κ2) is 6.78.